The number of carbonyl (C=O) groups excluding carboxylic acids is 1. The van der Waals surface area contributed by atoms with Gasteiger partial charge in [0.25, 0.3) is 5.82 Å². The fourth-order valence-electron chi connectivity index (χ4n) is 3.34. The quantitative estimate of drug-likeness (QED) is 0.625. The van der Waals surface area contributed by atoms with E-state index in [9.17, 15) is 22.4 Å². The van der Waals surface area contributed by atoms with E-state index in [-0.39, 0.29) is 28.9 Å². The molecule has 2 aromatic heterocycles. The zero-order chi connectivity index (χ0) is 21.5. The molecule has 30 heavy (non-hydrogen) atoms. The van der Waals surface area contributed by atoms with Gasteiger partial charge in [0, 0.05) is 18.8 Å². The summed E-state index contributed by atoms with van der Waals surface area (Å²) in [6, 6.07) is 6.82. The van der Waals surface area contributed by atoms with Crippen molar-refractivity contribution in [3.8, 4) is 0 Å². The van der Waals surface area contributed by atoms with Crippen LogP contribution in [0.3, 0.4) is 0 Å². The van der Waals surface area contributed by atoms with Crippen LogP contribution < -0.4 is 10.2 Å². The van der Waals surface area contributed by atoms with Crippen molar-refractivity contribution in [3.05, 3.63) is 47.0 Å². The molecule has 0 aliphatic carbocycles. The van der Waals surface area contributed by atoms with E-state index in [1.165, 1.54) is 18.2 Å². The zero-order valence-electron chi connectivity index (χ0n) is 15.3. The number of hydrogen-bond donors (Lipinski definition) is 1. The van der Waals surface area contributed by atoms with Crippen LogP contribution in [-0.2, 0) is 11.0 Å². The molecule has 1 atom stereocenters. The number of nitrogens with one attached hydrogen (secondary N) is 1. The summed E-state index contributed by atoms with van der Waals surface area (Å²) in [5, 5.41) is 13.3. The maximum absolute atomic E-state index is 13.3. The Kier molecular flexibility index (Phi) is 5.22. The second-order valence-corrected chi connectivity index (χ2v) is 7.29. The average molecular weight is 443 g/mol. The van der Waals surface area contributed by atoms with Gasteiger partial charge in [-0.05, 0) is 43.2 Å². The molecule has 7 nitrogen and oxygen atoms in total. The van der Waals surface area contributed by atoms with Crippen LogP contribution in [0.1, 0.15) is 18.7 Å². The lowest BCUT2D eigenvalue weighted by atomic mass is 9.97. The van der Waals surface area contributed by atoms with Gasteiger partial charge >= 0.3 is 6.18 Å². The molecule has 1 aromatic carbocycles. The smallest absolute Gasteiger partial charge is 0.354 e. The van der Waals surface area contributed by atoms with Crippen molar-refractivity contribution in [2.24, 2.45) is 5.92 Å². The summed E-state index contributed by atoms with van der Waals surface area (Å²) in [4.78, 5) is 14.4. The summed E-state index contributed by atoms with van der Waals surface area (Å²) in [5.74, 6) is -2.23. The normalized spacial score (nSPS) is 17.4. The third-order valence-electron chi connectivity index (χ3n) is 4.81. The number of anilines is 2. The van der Waals surface area contributed by atoms with Gasteiger partial charge in [0.15, 0.2) is 5.65 Å². The first-order valence-electron chi connectivity index (χ1n) is 9.03. The minimum absolute atomic E-state index is 0.0226. The number of alkyl halides is 3. The number of carbonyl (C=O) groups is 1. The Labute approximate surface area is 172 Å². The highest BCUT2D eigenvalue weighted by atomic mass is 35.5. The highest BCUT2D eigenvalue weighted by Gasteiger charge is 2.38. The van der Waals surface area contributed by atoms with Gasteiger partial charge in [-0.15, -0.1) is 15.3 Å². The van der Waals surface area contributed by atoms with Gasteiger partial charge in [-0.1, -0.05) is 11.6 Å². The van der Waals surface area contributed by atoms with Gasteiger partial charge in [-0.3, -0.25) is 4.79 Å². The molecule has 1 aliphatic rings. The van der Waals surface area contributed by atoms with Gasteiger partial charge in [0.05, 0.1) is 10.9 Å². The molecule has 1 N–H and O–H groups in total. The number of fused-ring (bicyclic) bond motifs is 1. The first-order chi connectivity index (χ1) is 14.2. The average Bonchev–Trinajstić information content (AvgIpc) is 3.14. The number of halogens is 5. The summed E-state index contributed by atoms with van der Waals surface area (Å²) >= 11 is 5.73. The van der Waals surface area contributed by atoms with Gasteiger partial charge in [0.1, 0.15) is 11.6 Å². The predicted molar refractivity (Wildman–Crippen MR) is 101 cm³/mol. The number of amides is 1. The maximum Gasteiger partial charge on any atom is 0.453 e. The van der Waals surface area contributed by atoms with E-state index in [2.05, 4.69) is 20.6 Å². The molecule has 0 radical (unpaired) electrons. The molecule has 0 unspecified atom stereocenters. The summed E-state index contributed by atoms with van der Waals surface area (Å²) in [5.41, 5.74) is 0.341. The summed E-state index contributed by atoms with van der Waals surface area (Å²) < 4.78 is 53.2. The second-order valence-electron chi connectivity index (χ2n) is 6.89. The third kappa shape index (κ3) is 4.02. The highest BCUT2D eigenvalue weighted by molar-refractivity contribution is 6.31. The standard InChI is InChI=1S/C18H15ClF4N6O/c19-12-8-11(3-4-13(12)20)24-16(30)10-2-1-7-28(9-10)15-6-5-14-25-26-17(18(21,22)23)29(14)27-15/h3-6,8,10H,1-2,7,9H2,(H,24,30)/t10-/m1/s1. The van der Waals surface area contributed by atoms with Crippen LogP contribution in [0.4, 0.5) is 29.1 Å². The zero-order valence-corrected chi connectivity index (χ0v) is 16.1. The molecule has 12 heteroatoms. The first-order valence-corrected chi connectivity index (χ1v) is 9.40. The molecule has 1 aliphatic heterocycles. The molecule has 0 saturated carbocycles. The summed E-state index contributed by atoms with van der Waals surface area (Å²) in [6.07, 6.45) is -3.44. The molecule has 3 heterocycles. The van der Waals surface area contributed by atoms with Crippen LogP contribution in [0.5, 0.6) is 0 Å². The first kappa shape index (κ1) is 20.3. The number of piperidine rings is 1. The minimum Gasteiger partial charge on any atom is -0.354 e. The van der Waals surface area contributed by atoms with E-state index in [0.29, 0.717) is 29.6 Å². The molecule has 0 spiro atoms. The molecule has 0 bridgehead atoms. The van der Waals surface area contributed by atoms with Crippen LogP contribution in [-0.4, -0.2) is 38.8 Å². The van der Waals surface area contributed by atoms with Crippen molar-refractivity contribution in [1.29, 1.82) is 0 Å². The Hall–Kier alpha value is -2.95. The molecule has 1 amide bonds. The van der Waals surface area contributed by atoms with Crippen molar-refractivity contribution in [1.82, 2.24) is 19.8 Å². The molecule has 4 rings (SSSR count). The molecular weight excluding hydrogens is 428 g/mol. The lowest BCUT2D eigenvalue weighted by molar-refractivity contribution is -0.146. The van der Waals surface area contributed by atoms with Gasteiger partial charge < -0.3 is 10.2 Å². The fraction of sp³-hybridized carbons (Fsp3) is 0.333. The Morgan fingerprint density at radius 3 is 2.73 bits per heavy atom. The number of hydrogen-bond acceptors (Lipinski definition) is 5. The van der Waals surface area contributed by atoms with E-state index in [0.717, 1.165) is 6.07 Å². The Bertz CT molecular complexity index is 1100. The van der Waals surface area contributed by atoms with Crippen molar-refractivity contribution in [2.75, 3.05) is 23.3 Å². The second kappa shape index (κ2) is 7.71. The van der Waals surface area contributed by atoms with Crippen molar-refractivity contribution in [3.63, 3.8) is 0 Å². The number of nitrogens with zero attached hydrogens (tertiary/aromatic N) is 5. The van der Waals surface area contributed by atoms with E-state index in [4.69, 9.17) is 11.6 Å². The molecule has 1 fully saturated rings. The molecular formula is C18H15ClF4N6O. The lowest BCUT2D eigenvalue weighted by Crippen LogP contribution is -2.41. The SMILES string of the molecule is O=C(Nc1ccc(F)c(Cl)c1)[C@@H]1CCCN(c2ccc3nnc(C(F)(F)F)n3n2)C1. The predicted octanol–water partition coefficient (Wildman–Crippen LogP) is 3.79. The molecule has 3 aromatic rings. The number of aromatic nitrogens is 4. The van der Waals surface area contributed by atoms with Gasteiger partial charge in [0.2, 0.25) is 5.91 Å². The number of benzene rings is 1. The van der Waals surface area contributed by atoms with Crippen LogP contribution in [0.2, 0.25) is 5.02 Å². The number of rotatable bonds is 3. The Morgan fingerprint density at radius 1 is 1.20 bits per heavy atom. The van der Waals surface area contributed by atoms with Gasteiger partial charge in [-0.25, -0.2) is 4.39 Å². The Morgan fingerprint density at radius 2 is 2.00 bits per heavy atom. The monoisotopic (exact) mass is 442 g/mol. The Balaban J connectivity index is 1.52. The lowest BCUT2D eigenvalue weighted by Gasteiger charge is -2.32. The summed E-state index contributed by atoms with van der Waals surface area (Å²) in [7, 11) is 0. The van der Waals surface area contributed by atoms with Crippen molar-refractivity contribution >= 4 is 34.7 Å². The van der Waals surface area contributed by atoms with Crippen LogP contribution in [0, 0.1) is 11.7 Å². The van der Waals surface area contributed by atoms with Crippen molar-refractivity contribution in [2.45, 2.75) is 19.0 Å². The largest absolute Gasteiger partial charge is 0.453 e. The van der Waals surface area contributed by atoms with Crippen LogP contribution in [0.15, 0.2) is 30.3 Å². The van der Waals surface area contributed by atoms with Gasteiger partial charge in [-0.2, -0.15) is 17.7 Å². The van der Waals surface area contributed by atoms with E-state index in [1.807, 2.05) is 0 Å². The topological polar surface area (TPSA) is 75.4 Å². The van der Waals surface area contributed by atoms with Crippen LogP contribution in [0.25, 0.3) is 5.65 Å². The van der Waals surface area contributed by atoms with E-state index >= 15 is 0 Å². The molecule has 158 valence electrons. The summed E-state index contributed by atoms with van der Waals surface area (Å²) in [6.45, 7) is 0.802. The highest BCUT2D eigenvalue weighted by Crippen LogP contribution is 2.29. The van der Waals surface area contributed by atoms with Crippen LogP contribution >= 0.6 is 11.6 Å². The maximum atomic E-state index is 13.3. The van der Waals surface area contributed by atoms with E-state index < -0.39 is 23.7 Å². The van der Waals surface area contributed by atoms with Crippen molar-refractivity contribution < 1.29 is 22.4 Å². The molecule has 1 saturated heterocycles. The van der Waals surface area contributed by atoms with E-state index in [1.54, 1.807) is 11.0 Å². The minimum atomic E-state index is -4.69. The third-order valence-corrected chi connectivity index (χ3v) is 5.10. The fourth-order valence-corrected chi connectivity index (χ4v) is 3.52.